The summed E-state index contributed by atoms with van der Waals surface area (Å²) in [7, 11) is 0. The molecule has 2 rings (SSSR count). The number of halogens is 1. The van der Waals surface area contributed by atoms with Crippen LogP contribution in [0.5, 0.6) is 0 Å². The van der Waals surface area contributed by atoms with E-state index in [9.17, 15) is 0 Å². The standard InChI is InChI=1S/C13H20ClNO2S/c1-9(15)13(11-5-6-12(14)18-11)17-8-10-4-2-3-7-16-10/h5-6,9-10,13H,2-4,7-8,15H2,1H3. The smallest absolute Gasteiger partial charge is 0.107 e. The van der Waals surface area contributed by atoms with Crippen LogP contribution < -0.4 is 5.73 Å². The third-order valence-corrected chi connectivity index (χ3v) is 4.38. The Kier molecular flexibility index (Phi) is 5.45. The molecule has 0 radical (unpaired) electrons. The average molecular weight is 290 g/mol. The first-order valence-corrected chi connectivity index (χ1v) is 7.60. The fourth-order valence-corrected chi connectivity index (χ4v) is 3.35. The van der Waals surface area contributed by atoms with Crippen molar-refractivity contribution in [1.82, 2.24) is 0 Å². The lowest BCUT2D eigenvalue weighted by molar-refractivity contribution is -0.0672. The molecule has 3 nitrogen and oxygen atoms in total. The first kappa shape index (κ1) is 14.3. The van der Waals surface area contributed by atoms with E-state index in [0.717, 1.165) is 28.7 Å². The average Bonchev–Trinajstić information content (AvgIpc) is 2.77. The number of rotatable bonds is 5. The molecule has 1 aliphatic rings. The highest BCUT2D eigenvalue weighted by Crippen LogP contribution is 2.31. The molecule has 0 bridgehead atoms. The summed E-state index contributed by atoms with van der Waals surface area (Å²) in [6.07, 6.45) is 3.59. The van der Waals surface area contributed by atoms with E-state index >= 15 is 0 Å². The van der Waals surface area contributed by atoms with Crippen LogP contribution in [-0.4, -0.2) is 25.4 Å². The summed E-state index contributed by atoms with van der Waals surface area (Å²) in [5.41, 5.74) is 5.99. The molecule has 2 heterocycles. The molecule has 1 fully saturated rings. The van der Waals surface area contributed by atoms with E-state index in [1.807, 2.05) is 19.1 Å². The Morgan fingerprint density at radius 3 is 2.94 bits per heavy atom. The Morgan fingerprint density at radius 1 is 1.56 bits per heavy atom. The van der Waals surface area contributed by atoms with E-state index in [2.05, 4.69) is 0 Å². The summed E-state index contributed by atoms with van der Waals surface area (Å²) in [6.45, 7) is 3.42. The minimum Gasteiger partial charge on any atom is -0.376 e. The summed E-state index contributed by atoms with van der Waals surface area (Å²) in [5, 5.41) is 0. The molecule has 3 unspecified atom stereocenters. The zero-order valence-corrected chi connectivity index (χ0v) is 12.2. The predicted octanol–water partition coefficient (Wildman–Crippen LogP) is 3.38. The van der Waals surface area contributed by atoms with Crippen LogP contribution in [-0.2, 0) is 9.47 Å². The molecule has 0 aromatic carbocycles. The fourth-order valence-electron chi connectivity index (χ4n) is 2.12. The lowest BCUT2D eigenvalue weighted by Crippen LogP contribution is -2.31. The van der Waals surface area contributed by atoms with Gasteiger partial charge in [0.2, 0.25) is 0 Å². The third kappa shape index (κ3) is 3.93. The maximum atomic E-state index is 5.99. The Morgan fingerprint density at radius 2 is 2.39 bits per heavy atom. The number of nitrogens with two attached hydrogens (primary N) is 1. The van der Waals surface area contributed by atoms with E-state index in [1.165, 1.54) is 17.8 Å². The van der Waals surface area contributed by atoms with Gasteiger partial charge in [0, 0.05) is 17.5 Å². The van der Waals surface area contributed by atoms with Crippen LogP contribution in [0, 0.1) is 0 Å². The zero-order chi connectivity index (χ0) is 13.0. The van der Waals surface area contributed by atoms with Crippen LogP contribution in [0.15, 0.2) is 12.1 Å². The SMILES string of the molecule is CC(N)C(OCC1CCCCO1)c1ccc(Cl)s1. The Balaban J connectivity index is 1.90. The number of ether oxygens (including phenoxy) is 2. The molecule has 0 aliphatic carbocycles. The first-order chi connectivity index (χ1) is 8.66. The van der Waals surface area contributed by atoms with Gasteiger partial charge in [-0.25, -0.2) is 0 Å². The molecule has 3 atom stereocenters. The van der Waals surface area contributed by atoms with Crippen molar-refractivity contribution in [2.75, 3.05) is 13.2 Å². The van der Waals surface area contributed by atoms with Gasteiger partial charge in [-0.15, -0.1) is 11.3 Å². The topological polar surface area (TPSA) is 44.5 Å². The second-order valence-corrected chi connectivity index (χ2v) is 6.49. The van der Waals surface area contributed by atoms with Gasteiger partial charge in [0.25, 0.3) is 0 Å². The molecule has 0 spiro atoms. The molecule has 5 heteroatoms. The maximum Gasteiger partial charge on any atom is 0.107 e. The molecular weight excluding hydrogens is 270 g/mol. The van der Waals surface area contributed by atoms with Crippen LogP contribution in [0.2, 0.25) is 4.34 Å². The van der Waals surface area contributed by atoms with Crippen molar-refractivity contribution in [1.29, 1.82) is 0 Å². The normalized spacial score (nSPS) is 23.8. The molecule has 1 aromatic rings. The first-order valence-electron chi connectivity index (χ1n) is 6.41. The fraction of sp³-hybridized carbons (Fsp3) is 0.692. The van der Waals surface area contributed by atoms with Gasteiger partial charge in [0.15, 0.2) is 0 Å². The predicted molar refractivity (Wildman–Crippen MR) is 75.3 cm³/mol. The number of thiophene rings is 1. The van der Waals surface area contributed by atoms with Crippen LogP contribution in [0.4, 0.5) is 0 Å². The van der Waals surface area contributed by atoms with Gasteiger partial charge in [0.05, 0.1) is 17.0 Å². The summed E-state index contributed by atoms with van der Waals surface area (Å²) < 4.78 is 12.4. The minimum absolute atomic E-state index is 0.0525. The van der Waals surface area contributed by atoms with Gasteiger partial charge in [-0.2, -0.15) is 0 Å². The van der Waals surface area contributed by atoms with E-state index < -0.39 is 0 Å². The molecule has 1 aliphatic heterocycles. The Bertz CT molecular complexity index is 364. The second kappa shape index (κ2) is 6.87. The van der Waals surface area contributed by atoms with Crippen molar-refractivity contribution in [2.45, 2.75) is 44.4 Å². The van der Waals surface area contributed by atoms with Crippen LogP contribution in [0.25, 0.3) is 0 Å². The summed E-state index contributed by atoms with van der Waals surface area (Å²) >= 11 is 7.49. The van der Waals surface area contributed by atoms with Crippen LogP contribution in [0.3, 0.4) is 0 Å². The van der Waals surface area contributed by atoms with Crippen molar-refractivity contribution >= 4 is 22.9 Å². The molecule has 2 N–H and O–H groups in total. The molecule has 1 saturated heterocycles. The largest absolute Gasteiger partial charge is 0.376 e. The van der Waals surface area contributed by atoms with E-state index in [4.69, 9.17) is 26.8 Å². The monoisotopic (exact) mass is 289 g/mol. The second-order valence-electron chi connectivity index (χ2n) is 4.74. The Hall–Kier alpha value is -0.130. The van der Waals surface area contributed by atoms with Gasteiger partial charge in [0.1, 0.15) is 6.10 Å². The highest BCUT2D eigenvalue weighted by molar-refractivity contribution is 7.16. The quantitative estimate of drug-likeness (QED) is 0.904. The summed E-state index contributed by atoms with van der Waals surface area (Å²) in [5.74, 6) is 0. The molecule has 18 heavy (non-hydrogen) atoms. The maximum absolute atomic E-state index is 5.99. The van der Waals surface area contributed by atoms with Crippen molar-refractivity contribution < 1.29 is 9.47 Å². The van der Waals surface area contributed by atoms with Crippen LogP contribution in [0.1, 0.15) is 37.2 Å². The number of hydrogen-bond donors (Lipinski definition) is 1. The zero-order valence-electron chi connectivity index (χ0n) is 10.6. The number of hydrogen-bond acceptors (Lipinski definition) is 4. The Labute approximate surface area is 117 Å². The lowest BCUT2D eigenvalue weighted by atomic mass is 10.1. The highest BCUT2D eigenvalue weighted by atomic mass is 35.5. The molecular formula is C13H20ClNO2S. The minimum atomic E-state index is -0.0898. The van der Waals surface area contributed by atoms with E-state index in [0.29, 0.717) is 6.61 Å². The molecule has 102 valence electrons. The van der Waals surface area contributed by atoms with Crippen molar-refractivity contribution in [3.63, 3.8) is 0 Å². The molecule has 0 saturated carbocycles. The van der Waals surface area contributed by atoms with Gasteiger partial charge >= 0.3 is 0 Å². The third-order valence-electron chi connectivity index (χ3n) is 3.09. The van der Waals surface area contributed by atoms with Gasteiger partial charge < -0.3 is 15.2 Å². The van der Waals surface area contributed by atoms with Crippen LogP contribution >= 0.6 is 22.9 Å². The highest BCUT2D eigenvalue weighted by Gasteiger charge is 2.22. The summed E-state index contributed by atoms with van der Waals surface area (Å²) in [4.78, 5) is 1.09. The molecule has 1 aromatic heterocycles. The van der Waals surface area contributed by atoms with E-state index in [-0.39, 0.29) is 18.2 Å². The van der Waals surface area contributed by atoms with Crippen molar-refractivity contribution in [3.05, 3.63) is 21.3 Å². The van der Waals surface area contributed by atoms with Gasteiger partial charge in [-0.1, -0.05) is 11.6 Å². The van der Waals surface area contributed by atoms with E-state index in [1.54, 1.807) is 0 Å². The van der Waals surface area contributed by atoms with Crippen molar-refractivity contribution in [2.24, 2.45) is 5.73 Å². The van der Waals surface area contributed by atoms with Gasteiger partial charge in [-0.05, 0) is 38.3 Å². The summed E-state index contributed by atoms with van der Waals surface area (Å²) in [6, 6.07) is 3.82. The van der Waals surface area contributed by atoms with Gasteiger partial charge in [-0.3, -0.25) is 0 Å². The van der Waals surface area contributed by atoms with Crippen molar-refractivity contribution in [3.8, 4) is 0 Å². The molecule has 0 amide bonds. The lowest BCUT2D eigenvalue weighted by Gasteiger charge is -2.26.